The quantitative estimate of drug-likeness (QED) is 0.921. The van der Waals surface area contributed by atoms with Crippen LogP contribution < -0.4 is 10.1 Å². The molecule has 1 unspecified atom stereocenters. The minimum absolute atomic E-state index is 0.178. The lowest BCUT2D eigenvalue weighted by atomic mass is 10.1. The zero-order chi connectivity index (χ0) is 17.1. The number of aromatic nitrogens is 2. The highest BCUT2D eigenvalue weighted by Crippen LogP contribution is 2.24. The lowest BCUT2D eigenvalue weighted by Gasteiger charge is -2.16. The fourth-order valence-electron chi connectivity index (χ4n) is 2.85. The maximum atomic E-state index is 13.4. The molecule has 124 valence electrons. The van der Waals surface area contributed by atoms with Gasteiger partial charge in [0.05, 0.1) is 24.4 Å². The Morgan fingerprint density at radius 3 is 2.70 bits per heavy atom. The average Bonchev–Trinajstić information content (AvgIpc) is 2.81. The third-order valence-corrected chi connectivity index (χ3v) is 3.92. The topological polar surface area (TPSA) is 56.2 Å². The van der Waals surface area contributed by atoms with E-state index in [1.165, 1.54) is 25.3 Å². The van der Waals surface area contributed by atoms with Crippen LogP contribution >= 0.6 is 0 Å². The molecule has 1 atom stereocenters. The van der Waals surface area contributed by atoms with Crippen molar-refractivity contribution in [2.24, 2.45) is 0 Å². The van der Waals surface area contributed by atoms with Crippen molar-refractivity contribution in [3.8, 4) is 5.75 Å². The van der Waals surface area contributed by atoms with Crippen LogP contribution in [-0.4, -0.2) is 22.8 Å². The summed E-state index contributed by atoms with van der Waals surface area (Å²) >= 11 is 0. The molecule has 1 heterocycles. The second-order valence-electron chi connectivity index (χ2n) is 5.44. The Morgan fingerprint density at radius 1 is 1.43 bits per heavy atom. The van der Waals surface area contributed by atoms with Gasteiger partial charge >= 0.3 is 0 Å². The number of hydrogen-bond acceptors (Lipinski definition) is 3. The second kappa shape index (κ2) is 6.81. The molecule has 2 rings (SSSR count). The maximum Gasteiger partial charge on any atom is 0.255 e. The molecule has 5 nitrogen and oxygen atoms in total. The van der Waals surface area contributed by atoms with Crippen molar-refractivity contribution < 1.29 is 13.9 Å². The van der Waals surface area contributed by atoms with E-state index in [4.69, 9.17) is 4.74 Å². The Morgan fingerprint density at radius 2 is 2.13 bits per heavy atom. The second-order valence-corrected chi connectivity index (χ2v) is 5.44. The van der Waals surface area contributed by atoms with Crippen molar-refractivity contribution >= 4 is 5.91 Å². The zero-order valence-electron chi connectivity index (χ0n) is 14.1. The number of rotatable bonds is 5. The molecule has 0 aliphatic rings. The Hall–Kier alpha value is -2.37. The number of carbonyl (C=O) groups excluding carboxylic acids is 1. The number of ether oxygens (including phenoxy) is 1. The van der Waals surface area contributed by atoms with Gasteiger partial charge in [-0.05, 0) is 45.9 Å². The van der Waals surface area contributed by atoms with Crippen LogP contribution in [0.5, 0.6) is 5.75 Å². The van der Waals surface area contributed by atoms with Gasteiger partial charge in [0.25, 0.3) is 5.91 Å². The molecule has 0 saturated heterocycles. The minimum atomic E-state index is -0.477. The van der Waals surface area contributed by atoms with Gasteiger partial charge in [-0.2, -0.15) is 5.10 Å². The molecule has 0 radical (unpaired) electrons. The first-order valence-electron chi connectivity index (χ1n) is 7.57. The van der Waals surface area contributed by atoms with E-state index in [9.17, 15) is 9.18 Å². The number of nitrogens with zero attached hydrogens (tertiary/aromatic N) is 2. The molecule has 1 aromatic heterocycles. The van der Waals surface area contributed by atoms with Crippen molar-refractivity contribution in [2.45, 2.75) is 40.3 Å². The van der Waals surface area contributed by atoms with Crippen LogP contribution in [-0.2, 0) is 6.54 Å². The van der Waals surface area contributed by atoms with Crippen LogP contribution in [0.4, 0.5) is 4.39 Å². The van der Waals surface area contributed by atoms with Crippen molar-refractivity contribution in [3.05, 3.63) is 46.5 Å². The van der Waals surface area contributed by atoms with Gasteiger partial charge in [-0.25, -0.2) is 4.39 Å². The Kier molecular flexibility index (Phi) is 5.03. The summed E-state index contributed by atoms with van der Waals surface area (Å²) in [5, 5.41) is 7.35. The van der Waals surface area contributed by atoms with E-state index >= 15 is 0 Å². The molecule has 2 aromatic rings. The maximum absolute atomic E-state index is 13.4. The zero-order valence-corrected chi connectivity index (χ0v) is 14.1. The lowest BCUT2D eigenvalue weighted by molar-refractivity contribution is 0.0936. The average molecular weight is 319 g/mol. The monoisotopic (exact) mass is 319 g/mol. The predicted molar refractivity (Wildman–Crippen MR) is 86.2 cm³/mol. The summed E-state index contributed by atoms with van der Waals surface area (Å²) in [5.74, 6) is -0.513. The molecule has 0 bridgehead atoms. The van der Waals surface area contributed by atoms with E-state index in [1.807, 2.05) is 32.4 Å². The van der Waals surface area contributed by atoms with Crippen LogP contribution in [0.3, 0.4) is 0 Å². The van der Waals surface area contributed by atoms with Gasteiger partial charge in [-0.1, -0.05) is 0 Å². The molecule has 0 spiro atoms. The van der Waals surface area contributed by atoms with Gasteiger partial charge < -0.3 is 10.1 Å². The molecular formula is C17H22FN3O2. The van der Waals surface area contributed by atoms with E-state index in [-0.39, 0.29) is 17.5 Å². The van der Waals surface area contributed by atoms with E-state index in [0.717, 1.165) is 23.5 Å². The van der Waals surface area contributed by atoms with Crippen molar-refractivity contribution in [1.82, 2.24) is 15.1 Å². The largest absolute Gasteiger partial charge is 0.496 e. The molecule has 6 heteroatoms. The van der Waals surface area contributed by atoms with Crippen molar-refractivity contribution in [1.29, 1.82) is 0 Å². The van der Waals surface area contributed by atoms with Gasteiger partial charge in [0.1, 0.15) is 11.6 Å². The third kappa shape index (κ3) is 3.36. The SMILES string of the molecule is CCn1nc(C)c(C(C)NC(=O)c2cc(F)ccc2OC)c1C. The summed E-state index contributed by atoms with van der Waals surface area (Å²) in [6, 6.07) is 3.64. The molecule has 1 amide bonds. The summed E-state index contributed by atoms with van der Waals surface area (Å²) in [5.41, 5.74) is 3.06. The molecule has 0 fully saturated rings. The van der Waals surface area contributed by atoms with Crippen LogP contribution in [0, 0.1) is 19.7 Å². The summed E-state index contributed by atoms with van der Waals surface area (Å²) in [6.07, 6.45) is 0. The van der Waals surface area contributed by atoms with Gasteiger partial charge in [-0.3, -0.25) is 9.48 Å². The van der Waals surface area contributed by atoms with Gasteiger partial charge in [0, 0.05) is 17.8 Å². The Balaban J connectivity index is 2.27. The van der Waals surface area contributed by atoms with Gasteiger partial charge in [-0.15, -0.1) is 0 Å². The fourth-order valence-corrected chi connectivity index (χ4v) is 2.85. The number of halogens is 1. The summed E-state index contributed by atoms with van der Waals surface area (Å²) in [4.78, 5) is 12.5. The van der Waals surface area contributed by atoms with Crippen LogP contribution in [0.1, 0.15) is 47.2 Å². The first-order valence-corrected chi connectivity index (χ1v) is 7.57. The number of hydrogen-bond donors (Lipinski definition) is 1. The first kappa shape index (κ1) is 17.0. The number of aryl methyl sites for hydroxylation is 2. The van der Waals surface area contributed by atoms with E-state index in [0.29, 0.717) is 5.75 Å². The fraction of sp³-hybridized carbons (Fsp3) is 0.412. The van der Waals surface area contributed by atoms with Crippen molar-refractivity contribution in [3.63, 3.8) is 0 Å². The van der Waals surface area contributed by atoms with Crippen LogP contribution in [0.2, 0.25) is 0 Å². The summed E-state index contributed by atoms with van der Waals surface area (Å²) in [6.45, 7) is 8.57. The number of benzene rings is 1. The molecular weight excluding hydrogens is 297 g/mol. The summed E-state index contributed by atoms with van der Waals surface area (Å²) < 4.78 is 20.5. The summed E-state index contributed by atoms with van der Waals surface area (Å²) in [7, 11) is 1.45. The molecule has 0 saturated carbocycles. The standard InChI is InChI=1S/C17H22FN3O2/c1-6-21-12(4)16(11(3)20-21)10(2)19-17(22)14-9-13(18)7-8-15(14)23-5/h7-10H,6H2,1-5H3,(H,19,22). The first-order chi connectivity index (χ1) is 10.9. The van der Waals surface area contributed by atoms with E-state index < -0.39 is 5.82 Å². The molecule has 0 aliphatic heterocycles. The van der Waals surface area contributed by atoms with Crippen LogP contribution in [0.25, 0.3) is 0 Å². The minimum Gasteiger partial charge on any atom is -0.496 e. The Bertz CT molecular complexity index is 725. The smallest absolute Gasteiger partial charge is 0.255 e. The van der Waals surface area contributed by atoms with Gasteiger partial charge in [0.15, 0.2) is 0 Å². The van der Waals surface area contributed by atoms with Crippen LogP contribution in [0.15, 0.2) is 18.2 Å². The Labute approximate surface area is 135 Å². The molecule has 23 heavy (non-hydrogen) atoms. The van der Waals surface area contributed by atoms with E-state index in [2.05, 4.69) is 10.4 Å². The normalized spacial score (nSPS) is 12.1. The van der Waals surface area contributed by atoms with Gasteiger partial charge in [0.2, 0.25) is 0 Å². The number of nitrogens with one attached hydrogen (secondary N) is 1. The number of carbonyl (C=O) groups is 1. The lowest BCUT2D eigenvalue weighted by Crippen LogP contribution is -2.28. The predicted octanol–water partition coefficient (Wildman–Crippen LogP) is 3.16. The highest BCUT2D eigenvalue weighted by Gasteiger charge is 2.21. The van der Waals surface area contributed by atoms with Crippen molar-refractivity contribution in [2.75, 3.05) is 7.11 Å². The highest BCUT2D eigenvalue weighted by molar-refractivity contribution is 5.97. The number of methoxy groups -OCH3 is 1. The third-order valence-electron chi connectivity index (χ3n) is 3.92. The highest BCUT2D eigenvalue weighted by atomic mass is 19.1. The molecule has 1 N–H and O–H groups in total. The number of amides is 1. The molecule has 0 aliphatic carbocycles. The molecule has 1 aromatic carbocycles. The van der Waals surface area contributed by atoms with E-state index in [1.54, 1.807) is 0 Å².